The van der Waals surface area contributed by atoms with Crippen LogP contribution in [-0.4, -0.2) is 30.8 Å². The van der Waals surface area contributed by atoms with Crippen molar-refractivity contribution in [1.29, 1.82) is 0 Å². The first-order chi connectivity index (χ1) is 14.3. The Kier molecular flexibility index (Phi) is 6.19. The highest BCUT2D eigenvalue weighted by Gasteiger charge is 2.35. The highest BCUT2D eigenvalue weighted by molar-refractivity contribution is 6.35. The zero-order valence-electron chi connectivity index (χ0n) is 16.4. The van der Waals surface area contributed by atoms with E-state index in [4.69, 9.17) is 23.2 Å². The topological polar surface area (TPSA) is 18.5 Å². The third-order valence-electron chi connectivity index (χ3n) is 5.62. The Bertz CT molecular complexity index is 948. The Morgan fingerprint density at radius 2 is 1.80 bits per heavy atom. The summed E-state index contributed by atoms with van der Waals surface area (Å²) in [5.74, 6) is -1.32. The zero-order valence-corrected chi connectivity index (χ0v) is 17.9. The van der Waals surface area contributed by atoms with Gasteiger partial charge >= 0.3 is 0 Å². The lowest BCUT2D eigenvalue weighted by Crippen LogP contribution is -2.36. The Labute approximate surface area is 184 Å². The normalized spacial score (nSPS) is 23.9. The molecule has 0 aromatic heterocycles. The second-order valence-corrected chi connectivity index (χ2v) is 8.65. The molecule has 1 unspecified atom stereocenters. The van der Waals surface area contributed by atoms with Crippen LogP contribution in [0.25, 0.3) is 0 Å². The molecule has 0 radical (unpaired) electrons. The van der Waals surface area contributed by atoms with Gasteiger partial charge in [0.15, 0.2) is 0 Å². The van der Waals surface area contributed by atoms with E-state index in [-0.39, 0.29) is 6.04 Å². The number of anilines is 1. The first-order valence-corrected chi connectivity index (χ1v) is 10.6. The van der Waals surface area contributed by atoms with Crippen LogP contribution < -0.4 is 10.3 Å². The summed E-state index contributed by atoms with van der Waals surface area (Å²) in [5, 5.41) is 7.95. The highest BCUT2D eigenvalue weighted by Crippen LogP contribution is 2.42. The number of hydrogen-bond donors (Lipinski definition) is 1. The molecule has 1 N–H and O–H groups in total. The van der Waals surface area contributed by atoms with Crippen LogP contribution in [0.15, 0.2) is 48.2 Å². The van der Waals surface area contributed by atoms with Gasteiger partial charge in [-0.05, 0) is 54.7 Å². The molecular weight excluding hydrogens is 434 g/mol. The van der Waals surface area contributed by atoms with Crippen LogP contribution in [0.3, 0.4) is 0 Å². The minimum absolute atomic E-state index is 0.105. The predicted molar refractivity (Wildman–Crippen MR) is 114 cm³/mol. The number of rotatable bonds is 5. The number of nitrogens with zero attached hydrogens (tertiary/aromatic N) is 2. The van der Waals surface area contributed by atoms with Crippen molar-refractivity contribution < 1.29 is 13.2 Å². The van der Waals surface area contributed by atoms with Crippen LogP contribution in [0.5, 0.6) is 0 Å². The Hall–Kier alpha value is -1.89. The van der Waals surface area contributed by atoms with Crippen molar-refractivity contribution in [3.05, 3.63) is 75.4 Å². The summed E-state index contributed by atoms with van der Waals surface area (Å²) in [4.78, 5) is 0. The highest BCUT2D eigenvalue weighted by atomic mass is 35.5. The molecule has 8 heteroatoms. The fraction of sp³-hybridized carbons (Fsp3) is 0.364. The summed E-state index contributed by atoms with van der Waals surface area (Å²) in [6, 6.07) is 8.32. The maximum absolute atomic E-state index is 14.0. The average Bonchev–Trinajstić information content (AvgIpc) is 3.22. The van der Waals surface area contributed by atoms with E-state index in [1.54, 1.807) is 29.2 Å². The predicted octanol–water partition coefficient (Wildman–Crippen LogP) is 6.04. The maximum atomic E-state index is 14.0. The molecule has 30 heavy (non-hydrogen) atoms. The summed E-state index contributed by atoms with van der Waals surface area (Å²) < 4.78 is 41.5. The van der Waals surface area contributed by atoms with E-state index >= 15 is 0 Å². The fourth-order valence-electron chi connectivity index (χ4n) is 4.29. The smallest absolute Gasteiger partial charge is 0.128 e. The standard InChI is InChI=1S/C22H22Cl2F3N3/c1-29-12-13(11-28-18-4-3-15(25)8-18)22(20-5-2-14(23)6-21(20)24)30(29)19-9-16(26)7-17(27)10-19/h2,5-7,9-10,12,15,18,22,28H,3-4,8,11H2,1H3/t15-,18+,22?/m1/s1. The Morgan fingerprint density at radius 1 is 1.07 bits per heavy atom. The number of halogens is 5. The molecule has 0 bridgehead atoms. The van der Waals surface area contributed by atoms with Crippen LogP contribution in [0.2, 0.25) is 10.0 Å². The van der Waals surface area contributed by atoms with E-state index in [0.717, 1.165) is 23.6 Å². The van der Waals surface area contributed by atoms with E-state index in [9.17, 15) is 13.2 Å². The minimum Gasteiger partial charge on any atom is -0.310 e. The van der Waals surface area contributed by atoms with Gasteiger partial charge in [0, 0.05) is 41.9 Å². The van der Waals surface area contributed by atoms with Crippen molar-refractivity contribution in [3.8, 4) is 0 Å². The lowest BCUT2D eigenvalue weighted by Gasteiger charge is -2.35. The van der Waals surface area contributed by atoms with Gasteiger partial charge < -0.3 is 5.32 Å². The maximum Gasteiger partial charge on any atom is 0.128 e. The van der Waals surface area contributed by atoms with Crippen molar-refractivity contribution in [2.24, 2.45) is 0 Å². The van der Waals surface area contributed by atoms with E-state index in [1.165, 1.54) is 12.1 Å². The molecule has 2 aliphatic rings. The molecule has 1 aliphatic carbocycles. The van der Waals surface area contributed by atoms with E-state index in [0.29, 0.717) is 35.1 Å². The second-order valence-electron chi connectivity index (χ2n) is 7.81. The average molecular weight is 456 g/mol. The summed E-state index contributed by atoms with van der Waals surface area (Å²) in [6.45, 7) is 0.500. The van der Waals surface area contributed by atoms with Crippen molar-refractivity contribution in [1.82, 2.24) is 10.3 Å². The van der Waals surface area contributed by atoms with Gasteiger partial charge in [0.2, 0.25) is 0 Å². The van der Waals surface area contributed by atoms with Crippen LogP contribution in [0, 0.1) is 11.6 Å². The van der Waals surface area contributed by atoms with Crippen molar-refractivity contribution in [2.45, 2.75) is 37.5 Å². The number of nitrogens with one attached hydrogen (secondary N) is 1. The molecular formula is C22H22Cl2F3N3. The van der Waals surface area contributed by atoms with Gasteiger partial charge in [0.05, 0.1) is 5.69 Å². The van der Waals surface area contributed by atoms with Crippen molar-refractivity contribution in [2.75, 3.05) is 18.6 Å². The molecule has 0 saturated heterocycles. The number of benzene rings is 2. The van der Waals surface area contributed by atoms with Gasteiger partial charge in [-0.1, -0.05) is 29.3 Å². The molecule has 3 nitrogen and oxygen atoms in total. The van der Waals surface area contributed by atoms with Crippen LogP contribution in [-0.2, 0) is 0 Å². The molecule has 0 amide bonds. The van der Waals surface area contributed by atoms with Gasteiger partial charge in [-0.15, -0.1) is 0 Å². The summed E-state index contributed by atoms with van der Waals surface area (Å²) >= 11 is 12.6. The van der Waals surface area contributed by atoms with Gasteiger partial charge in [-0.25, -0.2) is 13.2 Å². The zero-order chi connectivity index (χ0) is 21.4. The second kappa shape index (κ2) is 8.69. The molecule has 2 aromatic rings. The molecule has 1 fully saturated rings. The summed E-state index contributed by atoms with van der Waals surface area (Å²) in [5.41, 5.74) is 2.08. The van der Waals surface area contributed by atoms with Gasteiger partial charge in [0.25, 0.3) is 0 Å². The molecule has 160 valence electrons. The van der Waals surface area contributed by atoms with E-state index < -0.39 is 23.8 Å². The number of hydrazine groups is 1. The summed E-state index contributed by atoms with van der Waals surface area (Å²) in [6.07, 6.45) is 2.99. The molecule has 2 aromatic carbocycles. The SMILES string of the molecule is CN1C=C(CN[C@H]2CC[C@@H](F)C2)C(c2ccc(Cl)cc2Cl)N1c1cc(F)cc(F)c1. The van der Waals surface area contributed by atoms with Crippen molar-refractivity contribution >= 4 is 28.9 Å². The first kappa shape index (κ1) is 21.3. The number of hydrogen-bond acceptors (Lipinski definition) is 3. The lowest BCUT2D eigenvalue weighted by atomic mass is 9.98. The Morgan fingerprint density at radius 3 is 2.43 bits per heavy atom. The molecule has 1 saturated carbocycles. The third kappa shape index (κ3) is 4.41. The monoisotopic (exact) mass is 455 g/mol. The Balaban J connectivity index is 1.68. The largest absolute Gasteiger partial charge is 0.310 e. The fourth-order valence-corrected chi connectivity index (χ4v) is 4.80. The number of alkyl halides is 1. The van der Waals surface area contributed by atoms with Gasteiger partial charge in [-0.2, -0.15) is 0 Å². The van der Waals surface area contributed by atoms with Crippen LogP contribution in [0.1, 0.15) is 30.9 Å². The molecule has 1 heterocycles. The lowest BCUT2D eigenvalue weighted by molar-refractivity contribution is 0.334. The van der Waals surface area contributed by atoms with Crippen molar-refractivity contribution in [3.63, 3.8) is 0 Å². The molecule has 0 spiro atoms. The molecule has 4 rings (SSSR count). The van der Waals surface area contributed by atoms with Gasteiger partial charge in [0.1, 0.15) is 23.8 Å². The van der Waals surface area contributed by atoms with Crippen LogP contribution >= 0.6 is 23.2 Å². The third-order valence-corrected chi connectivity index (χ3v) is 6.18. The molecule has 3 atom stereocenters. The van der Waals surface area contributed by atoms with Crippen LogP contribution in [0.4, 0.5) is 18.9 Å². The van der Waals surface area contributed by atoms with Gasteiger partial charge in [-0.3, -0.25) is 10.0 Å². The summed E-state index contributed by atoms with van der Waals surface area (Å²) in [7, 11) is 1.81. The minimum atomic E-state index is -0.768. The van der Waals surface area contributed by atoms with E-state index in [1.807, 2.05) is 12.3 Å². The first-order valence-electron chi connectivity index (χ1n) is 9.83. The molecule has 1 aliphatic heterocycles. The van der Waals surface area contributed by atoms with E-state index in [2.05, 4.69) is 5.32 Å². The quantitative estimate of drug-likeness (QED) is 0.592.